The zero-order chi connectivity index (χ0) is 15.4. The molecule has 0 radical (unpaired) electrons. The summed E-state index contributed by atoms with van der Waals surface area (Å²) in [7, 11) is 0. The first-order chi connectivity index (χ1) is 10.7. The average molecular weight is 301 g/mol. The highest BCUT2D eigenvalue weighted by Crippen LogP contribution is 2.20. The molecule has 3 rings (SSSR count). The van der Waals surface area contributed by atoms with Gasteiger partial charge >= 0.3 is 0 Å². The number of nitrogens with two attached hydrogens (primary N) is 1. The van der Waals surface area contributed by atoms with Crippen LogP contribution in [0.5, 0.6) is 0 Å². The van der Waals surface area contributed by atoms with Crippen LogP contribution in [0.4, 0.5) is 11.8 Å². The minimum Gasteiger partial charge on any atom is -0.459 e. The molecule has 0 saturated carbocycles. The van der Waals surface area contributed by atoms with Crippen molar-refractivity contribution >= 4 is 17.7 Å². The number of nitrogen functional groups attached to an aromatic ring is 1. The molecule has 2 aromatic heterocycles. The van der Waals surface area contributed by atoms with Crippen molar-refractivity contribution in [1.29, 1.82) is 0 Å². The zero-order valence-corrected chi connectivity index (χ0v) is 12.2. The van der Waals surface area contributed by atoms with Gasteiger partial charge in [0.2, 0.25) is 5.95 Å². The Morgan fingerprint density at radius 2 is 2.23 bits per heavy atom. The lowest BCUT2D eigenvalue weighted by Gasteiger charge is -2.32. The van der Waals surface area contributed by atoms with E-state index in [4.69, 9.17) is 10.2 Å². The number of hydrogen-bond donors (Lipinski definition) is 2. The monoisotopic (exact) mass is 301 g/mol. The van der Waals surface area contributed by atoms with Crippen LogP contribution in [0.25, 0.3) is 0 Å². The van der Waals surface area contributed by atoms with Gasteiger partial charge in [-0.1, -0.05) is 0 Å². The molecule has 0 aliphatic carbocycles. The van der Waals surface area contributed by atoms with Crippen LogP contribution in [0, 0.1) is 5.92 Å². The smallest absolute Gasteiger partial charge is 0.286 e. The van der Waals surface area contributed by atoms with Crippen LogP contribution in [0.3, 0.4) is 0 Å². The Bertz CT molecular complexity index is 621. The zero-order valence-electron chi connectivity index (χ0n) is 12.2. The molecular weight excluding hydrogens is 282 g/mol. The van der Waals surface area contributed by atoms with E-state index in [1.165, 1.54) is 6.26 Å². The van der Waals surface area contributed by atoms with Gasteiger partial charge in [0.25, 0.3) is 5.91 Å². The number of carbonyl (C=O) groups is 1. The summed E-state index contributed by atoms with van der Waals surface area (Å²) < 4.78 is 5.07. The number of hydrogen-bond acceptors (Lipinski definition) is 6. The standard InChI is InChI=1S/C15H19N5O2/c16-13-3-6-17-15(19-13)20-7-4-11(5-8-20)10-18-14(21)12-2-1-9-22-12/h1-3,6,9,11H,4-5,7-8,10H2,(H,18,21)(H2,16,17,19). The fraction of sp³-hybridized carbons (Fsp3) is 0.400. The minimum atomic E-state index is -0.161. The molecule has 0 atom stereocenters. The lowest BCUT2D eigenvalue weighted by atomic mass is 9.97. The first-order valence-electron chi connectivity index (χ1n) is 7.37. The molecule has 116 valence electrons. The lowest BCUT2D eigenvalue weighted by molar-refractivity contribution is 0.0917. The fourth-order valence-electron chi connectivity index (χ4n) is 2.58. The molecule has 1 amide bonds. The average Bonchev–Trinajstić information content (AvgIpc) is 3.08. The van der Waals surface area contributed by atoms with E-state index in [1.54, 1.807) is 24.4 Å². The number of amides is 1. The summed E-state index contributed by atoms with van der Waals surface area (Å²) in [4.78, 5) is 22.4. The number of nitrogens with zero attached hydrogens (tertiary/aromatic N) is 3. The van der Waals surface area contributed by atoms with Gasteiger partial charge in [0.15, 0.2) is 5.76 Å². The Morgan fingerprint density at radius 3 is 2.91 bits per heavy atom. The highest BCUT2D eigenvalue weighted by molar-refractivity contribution is 5.91. The van der Waals surface area contributed by atoms with E-state index >= 15 is 0 Å². The maximum Gasteiger partial charge on any atom is 0.286 e. The Kier molecular flexibility index (Phi) is 4.22. The highest BCUT2D eigenvalue weighted by Gasteiger charge is 2.22. The molecule has 2 aromatic rings. The summed E-state index contributed by atoms with van der Waals surface area (Å²) >= 11 is 0. The van der Waals surface area contributed by atoms with Crippen LogP contribution in [-0.2, 0) is 0 Å². The second-order valence-electron chi connectivity index (χ2n) is 5.40. The van der Waals surface area contributed by atoms with Crippen LogP contribution in [0.15, 0.2) is 35.1 Å². The molecular formula is C15H19N5O2. The van der Waals surface area contributed by atoms with Crippen molar-refractivity contribution in [3.05, 3.63) is 36.4 Å². The number of furan rings is 1. The van der Waals surface area contributed by atoms with Gasteiger partial charge in [0, 0.05) is 25.8 Å². The number of carbonyl (C=O) groups excluding carboxylic acids is 1. The number of anilines is 2. The first-order valence-corrected chi connectivity index (χ1v) is 7.37. The van der Waals surface area contributed by atoms with Crippen LogP contribution in [-0.4, -0.2) is 35.5 Å². The van der Waals surface area contributed by atoms with E-state index in [9.17, 15) is 4.79 Å². The van der Waals surface area contributed by atoms with Crippen LogP contribution >= 0.6 is 0 Å². The molecule has 7 heteroatoms. The Labute approximate surface area is 128 Å². The Morgan fingerprint density at radius 1 is 1.41 bits per heavy atom. The minimum absolute atomic E-state index is 0.161. The Hall–Kier alpha value is -2.57. The normalized spacial score (nSPS) is 15.7. The van der Waals surface area contributed by atoms with Crippen molar-refractivity contribution in [1.82, 2.24) is 15.3 Å². The maximum atomic E-state index is 11.8. The fourth-order valence-corrected chi connectivity index (χ4v) is 2.58. The van der Waals surface area contributed by atoms with E-state index in [2.05, 4.69) is 20.2 Å². The van der Waals surface area contributed by atoms with E-state index < -0.39 is 0 Å². The van der Waals surface area contributed by atoms with Crippen LogP contribution in [0.1, 0.15) is 23.4 Å². The largest absolute Gasteiger partial charge is 0.459 e. The molecule has 0 spiro atoms. The SMILES string of the molecule is Nc1ccnc(N2CCC(CNC(=O)c3ccco3)CC2)n1. The predicted octanol–water partition coefficient (Wildman–Crippen LogP) is 1.30. The molecule has 3 heterocycles. The summed E-state index contributed by atoms with van der Waals surface area (Å²) in [5.41, 5.74) is 5.69. The van der Waals surface area contributed by atoms with Gasteiger partial charge in [-0.05, 0) is 37.0 Å². The molecule has 1 saturated heterocycles. The molecule has 0 aromatic carbocycles. The van der Waals surface area contributed by atoms with E-state index in [-0.39, 0.29) is 5.91 Å². The molecule has 7 nitrogen and oxygen atoms in total. The molecule has 1 aliphatic heterocycles. The quantitative estimate of drug-likeness (QED) is 0.883. The number of aromatic nitrogens is 2. The first kappa shape index (κ1) is 14.4. The third-order valence-electron chi connectivity index (χ3n) is 3.86. The van der Waals surface area contributed by atoms with Gasteiger partial charge in [-0.25, -0.2) is 4.98 Å². The second kappa shape index (κ2) is 6.46. The van der Waals surface area contributed by atoms with E-state index in [0.29, 0.717) is 30.0 Å². The van der Waals surface area contributed by atoms with Crippen LogP contribution in [0.2, 0.25) is 0 Å². The van der Waals surface area contributed by atoms with Gasteiger partial charge in [-0.3, -0.25) is 4.79 Å². The van der Waals surface area contributed by atoms with Gasteiger partial charge in [0.1, 0.15) is 5.82 Å². The molecule has 22 heavy (non-hydrogen) atoms. The third kappa shape index (κ3) is 3.36. The summed E-state index contributed by atoms with van der Waals surface area (Å²) in [6, 6.07) is 5.05. The maximum absolute atomic E-state index is 11.8. The lowest BCUT2D eigenvalue weighted by Crippen LogP contribution is -2.39. The van der Waals surface area contributed by atoms with Gasteiger partial charge in [-0.15, -0.1) is 0 Å². The second-order valence-corrected chi connectivity index (χ2v) is 5.40. The number of piperidine rings is 1. The third-order valence-corrected chi connectivity index (χ3v) is 3.86. The summed E-state index contributed by atoms with van der Waals surface area (Å²) in [5.74, 6) is 1.81. The van der Waals surface area contributed by atoms with Crippen LogP contribution < -0.4 is 16.0 Å². The van der Waals surface area contributed by atoms with Crippen molar-refractivity contribution in [2.45, 2.75) is 12.8 Å². The van der Waals surface area contributed by atoms with Gasteiger partial charge in [0.05, 0.1) is 6.26 Å². The summed E-state index contributed by atoms with van der Waals surface area (Å²) in [5, 5.41) is 2.92. The molecule has 0 unspecified atom stereocenters. The van der Waals surface area contributed by atoms with Crippen molar-refractivity contribution in [3.63, 3.8) is 0 Å². The van der Waals surface area contributed by atoms with Gasteiger partial charge in [-0.2, -0.15) is 4.98 Å². The molecule has 1 aliphatic rings. The summed E-state index contributed by atoms with van der Waals surface area (Å²) in [6.07, 6.45) is 5.14. The molecule has 1 fully saturated rings. The van der Waals surface area contributed by atoms with Crippen molar-refractivity contribution in [3.8, 4) is 0 Å². The van der Waals surface area contributed by atoms with Crippen molar-refractivity contribution < 1.29 is 9.21 Å². The summed E-state index contributed by atoms with van der Waals surface area (Å²) in [6.45, 7) is 2.39. The van der Waals surface area contributed by atoms with Crippen molar-refractivity contribution in [2.75, 3.05) is 30.3 Å². The topological polar surface area (TPSA) is 97.3 Å². The van der Waals surface area contributed by atoms with Crippen molar-refractivity contribution in [2.24, 2.45) is 5.92 Å². The highest BCUT2D eigenvalue weighted by atomic mass is 16.3. The predicted molar refractivity (Wildman–Crippen MR) is 82.4 cm³/mol. The van der Waals surface area contributed by atoms with E-state index in [0.717, 1.165) is 25.9 Å². The molecule has 3 N–H and O–H groups in total. The number of nitrogens with one attached hydrogen (secondary N) is 1. The Balaban J connectivity index is 1.47. The van der Waals surface area contributed by atoms with Gasteiger partial charge < -0.3 is 20.4 Å². The molecule has 0 bridgehead atoms. The number of rotatable bonds is 4. The van der Waals surface area contributed by atoms with E-state index in [1.807, 2.05) is 0 Å².